The molecule has 3 aromatic heterocycles. The number of nitrogens with one attached hydrogen (secondary N) is 4. The summed E-state index contributed by atoms with van der Waals surface area (Å²) in [6, 6.07) is 10.1. The normalized spacial score (nSPS) is 14.0. The summed E-state index contributed by atoms with van der Waals surface area (Å²) in [5, 5.41) is 10.4. The molecule has 0 unspecified atom stereocenters. The lowest BCUT2D eigenvalue weighted by Crippen LogP contribution is -2.49. The van der Waals surface area contributed by atoms with Gasteiger partial charge in [-0.3, -0.25) is 4.79 Å². The van der Waals surface area contributed by atoms with E-state index in [0.717, 1.165) is 45.6 Å². The van der Waals surface area contributed by atoms with Crippen LogP contribution < -0.4 is 16.0 Å². The van der Waals surface area contributed by atoms with E-state index in [1.54, 1.807) is 12.5 Å². The van der Waals surface area contributed by atoms with Crippen LogP contribution in [0.4, 0.5) is 16.2 Å². The summed E-state index contributed by atoms with van der Waals surface area (Å²) in [7, 11) is 0. The molecule has 4 N–H and O–H groups in total. The van der Waals surface area contributed by atoms with Gasteiger partial charge in [0, 0.05) is 61.6 Å². The van der Waals surface area contributed by atoms with Crippen molar-refractivity contribution in [1.82, 2.24) is 35.1 Å². The summed E-state index contributed by atoms with van der Waals surface area (Å²) in [5.74, 6) is -0.0447. The number of hydrogen-bond acceptors (Lipinski definition) is 5. The number of aromatic amines is 1. The number of urea groups is 1. The molecule has 0 saturated carbocycles. The van der Waals surface area contributed by atoms with Gasteiger partial charge in [0.1, 0.15) is 5.65 Å². The topological polar surface area (TPSA) is 120 Å². The smallest absolute Gasteiger partial charge is 0.318 e. The zero-order valence-electron chi connectivity index (χ0n) is 22.3. The number of carbonyl (C=O) groups is 2. The van der Waals surface area contributed by atoms with Crippen molar-refractivity contribution in [1.29, 1.82) is 0 Å². The molecule has 0 radical (unpaired) electrons. The van der Waals surface area contributed by atoms with E-state index in [4.69, 9.17) is 0 Å². The number of aromatic nitrogens is 4. The molecule has 0 spiro atoms. The van der Waals surface area contributed by atoms with Crippen LogP contribution in [0.15, 0.2) is 48.9 Å². The van der Waals surface area contributed by atoms with Crippen LogP contribution in [0.1, 0.15) is 39.8 Å². The van der Waals surface area contributed by atoms with Crippen molar-refractivity contribution in [3.8, 4) is 0 Å². The minimum absolute atomic E-state index is 0.0361. The molecule has 198 valence electrons. The number of carbonyl (C=O) groups excluding carboxylic acids is 2. The summed E-state index contributed by atoms with van der Waals surface area (Å²) < 4.78 is 2.04. The number of amides is 3. The van der Waals surface area contributed by atoms with Crippen LogP contribution in [0.5, 0.6) is 0 Å². The highest BCUT2D eigenvalue weighted by molar-refractivity contribution is 5.95. The number of nitrogens with zero attached hydrogens (tertiary/aromatic N) is 4. The van der Waals surface area contributed by atoms with Gasteiger partial charge in [0.05, 0.1) is 23.0 Å². The Labute approximate surface area is 221 Å². The number of fused-ring (bicyclic) bond motifs is 2. The SMILES string of the molecule is CC(=O)NCCn1cnc2ccc(Nc3ccnc4[nH]c(C5=CCN(C(=O)NC(C)(C)C)CC5)cc34)cc21. The fourth-order valence-corrected chi connectivity index (χ4v) is 4.63. The first-order valence-corrected chi connectivity index (χ1v) is 12.9. The number of benzene rings is 1. The average Bonchev–Trinajstić information content (AvgIpc) is 3.48. The quantitative estimate of drug-likeness (QED) is 0.304. The van der Waals surface area contributed by atoms with Crippen LogP contribution in [0.3, 0.4) is 0 Å². The molecule has 0 saturated heterocycles. The van der Waals surface area contributed by atoms with Crippen molar-refractivity contribution in [2.45, 2.75) is 46.2 Å². The van der Waals surface area contributed by atoms with Gasteiger partial charge < -0.3 is 30.4 Å². The summed E-state index contributed by atoms with van der Waals surface area (Å²) in [4.78, 5) is 38.0. The van der Waals surface area contributed by atoms with Gasteiger partial charge in [-0.1, -0.05) is 6.08 Å². The molecule has 10 heteroatoms. The number of rotatable bonds is 6. The van der Waals surface area contributed by atoms with E-state index in [1.807, 2.05) is 48.4 Å². The van der Waals surface area contributed by atoms with Crippen LogP contribution in [-0.2, 0) is 11.3 Å². The molecule has 4 heterocycles. The molecule has 0 aliphatic carbocycles. The fourth-order valence-electron chi connectivity index (χ4n) is 4.63. The highest BCUT2D eigenvalue weighted by atomic mass is 16.2. The number of hydrogen-bond donors (Lipinski definition) is 4. The summed E-state index contributed by atoms with van der Waals surface area (Å²) in [6.07, 6.45) is 6.46. The second-order valence-corrected chi connectivity index (χ2v) is 10.7. The van der Waals surface area contributed by atoms with Crippen LogP contribution in [-0.4, -0.2) is 61.5 Å². The van der Waals surface area contributed by atoms with E-state index in [1.165, 1.54) is 12.5 Å². The van der Waals surface area contributed by atoms with E-state index < -0.39 is 0 Å². The Balaban J connectivity index is 1.34. The number of imidazole rings is 1. The monoisotopic (exact) mass is 514 g/mol. The summed E-state index contributed by atoms with van der Waals surface area (Å²) >= 11 is 0. The number of anilines is 2. The van der Waals surface area contributed by atoms with Crippen molar-refractivity contribution in [2.75, 3.05) is 25.0 Å². The van der Waals surface area contributed by atoms with Crippen molar-refractivity contribution >= 4 is 51.0 Å². The van der Waals surface area contributed by atoms with Crippen molar-refractivity contribution < 1.29 is 9.59 Å². The molecule has 3 amide bonds. The van der Waals surface area contributed by atoms with Crippen LogP contribution in [0, 0.1) is 0 Å². The first-order valence-electron chi connectivity index (χ1n) is 12.9. The van der Waals surface area contributed by atoms with E-state index >= 15 is 0 Å². The second-order valence-electron chi connectivity index (χ2n) is 10.7. The standard InChI is InChI=1S/C28H34N8O2/c1-18(37)29-11-14-36-17-31-23-6-5-20(15-25(23)36)32-22-7-10-30-26-21(22)16-24(33-26)19-8-12-35(13-9-19)27(38)34-28(2,3)4/h5-8,10,15-17H,9,11-14H2,1-4H3,(H,29,37)(H,34,38)(H2,30,32,33). The Morgan fingerprint density at radius 2 is 1.97 bits per heavy atom. The summed E-state index contributed by atoms with van der Waals surface area (Å²) in [6.45, 7) is 9.90. The Kier molecular flexibility index (Phi) is 6.79. The Morgan fingerprint density at radius 1 is 1.13 bits per heavy atom. The highest BCUT2D eigenvalue weighted by Gasteiger charge is 2.22. The average molecular weight is 515 g/mol. The van der Waals surface area contributed by atoms with Crippen LogP contribution in [0.25, 0.3) is 27.6 Å². The second kappa shape index (κ2) is 10.2. The molecule has 1 aliphatic heterocycles. The van der Waals surface area contributed by atoms with Crippen LogP contribution >= 0.6 is 0 Å². The lowest BCUT2D eigenvalue weighted by molar-refractivity contribution is -0.118. The first kappa shape index (κ1) is 25.3. The minimum Gasteiger partial charge on any atom is -0.355 e. The van der Waals surface area contributed by atoms with Gasteiger partial charge in [0.25, 0.3) is 0 Å². The zero-order chi connectivity index (χ0) is 26.9. The Hall–Kier alpha value is -4.34. The van der Waals surface area contributed by atoms with Crippen molar-refractivity contribution in [3.63, 3.8) is 0 Å². The molecule has 0 atom stereocenters. The van der Waals surface area contributed by atoms with E-state index in [-0.39, 0.29) is 17.5 Å². The molecular weight excluding hydrogens is 480 g/mol. The molecule has 10 nitrogen and oxygen atoms in total. The van der Waals surface area contributed by atoms with Gasteiger partial charge in [-0.2, -0.15) is 0 Å². The largest absolute Gasteiger partial charge is 0.355 e. The number of pyridine rings is 1. The lowest BCUT2D eigenvalue weighted by atomic mass is 10.0. The maximum Gasteiger partial charge on any atom is 0.318 e. The molecular formula is C28H34N8O2. The first-order chi connectivity index (χ1) is 18.2. The molecule has 0 bridgehead atoms. The maximum absolute atomic E-state index is 12.5. The molecule has 4 aromatic rings. The zero-order valence-corrected chi connectivity index (χ0v) is 22.3. The Morgan fingerprint density at radius 3 is 2.71 bits per heavy atom. The fraction of sp³-hybridized carbons (Fsp3) is 0.357. The molecule has 38 heavy (non-hydrogen) atoms. The van der Waals surface area contributed by atoms with Gasteiger partial charge in [-0.25, -0.2) is 14.8 Å². The van der Waals surface area contributed by atoms with E-state index in [2.05, 4.69) is 49.1 Å². The van der Waals surface area contributed by atoms with E-state index in [0.29, 0.717) is 26.2 Å². The number of H-pyrrole nitrogens is 1. The molecule has 0 fully saturated rings. The predicted octanol–water partition coefficient (Wildman–Crippen LogP) is 4.39. The van der Waals surface area contributed by atoms with Gasteiger partial charge in [-0.15, -0.1) is 0 Å². The van der Waals surface area contributed by atoms with Crippen LogP contribution in [0.2, 0.25) is 0 Å². The van der Waals surface area contributed by atoms with Gasteiger partial charge >= 0.3 is 6.03 Å². The predicted molar refractivity (Wildman–Crippen MR) is 150 cm³/mol. The maximum atomic E-state index is 12.5. The van der Waals surface area contributed by atoms with Crippen molar-refractivity contribution in [3.05, 3.63) is 54.6 Å². The highest BCUT2D eigenvalue weighted by Crippen LogP contribution is 2.31. The summed E-state index contributed by atoms with van der Waals surface area (Å²) in [5.41, 5.74) is 6.52. The molecule has 1 aliphatic rings. The van der Waals surface area contributed by atoms with Gasteiger partial charge in [0.15, 0.2) is 0 Å². The van der Waals surface area contributed by atoms with E-state index in [9.17, 15) is 9.59 Å². The van der Waals surface area contributed by atoms with Gasteiger partial charge in [-0.05, 0) is 63.1 Å². The Bertz CT molecular complexity index is 1520. The third-order valence-corrected chi connectivity index (χ3v) is 6.48. The third kappa shape index (κ3) is 5.64. The molecule has 1 aromatic carbocycles. The third-order valence-electron chi connectivity index (χ3n) is 6.48. The minimum atomic E-state index is -0.260. The van der Waals surface area contributed by atoms with Gasteiger partial charge in [0.2, 0.25) is 5.91 Å². The van der Waals surface area contributed by atoms with Crippen molar-refractivity contribution in [2.24, 2.45) is 0 Å². The molecule has 5 rings (SSSR count). The lowest BCUT2D eigenvalue weighted by Gasteiger charge is -2.30.